The summed E-state index contributed by atoms with van der Waals surface area (Å²) in [4.78, 5) is 22.4. The molecule has 15 heavy (non-hydrogen) atoms. The lowest BCUT2D eigenvalue weighted by molar-refractivity contribution is -0.141. The average Bonchev–Trinajstić information content (AvgIpc) is 2.18. The first kappa shape index (κ1) is 11.4. The van der Waals surface area contributed by atoms with Crippen LogP contribution in [0, 0.1) is 5.82 Å². The fourth-order valence-corrected chi connectivity index (χ4v) is 1.13. The molecule has 0 aliphatic heterocycles. The highest BCUT2D eigenvalue weighted by molar-refractivity contribution is 6.06. The van der Waals surface area contributed by atoms with Crippen molar-refractivity contribution in [2.24, 2.45) is 0 Å². The number of ether oxygens (including phenoxy) is 1. The summed E-state index contributed by atoms with van der Waals surface area (Å²) in [5.41, 5.74) is -0.0782. The Morgan fingerprint density at radius 3 is 2.67 bits per heavy atom. The quantitative estimate of drug-likeness (QED) is 0.436. The van der Waals surface area contributed by atoms with E-state index in [0.717, 1.165) is 0 Å². The van der Waals surface area contributed by atoms with Crippen LogP contribution in [-0.2, 0) is 9.53 Å². The van der Waals surface area contributed by atoms with E-state index >= 15 is 0 Å². The topological polar surface area (TPSA) is 43.4 Å². The van der Waals surface area contributed by atoms with Crippen molar-refractivity contribution < 1.29 is 20.1 Å². The minimum Gasteiger partial charge on any atom is -0.466 e. The van der Waals surface area contributed by atoms with Crippen LogP contribution in [0.5, 0.6) is 0 Å². The van der Waals surface area contributed by atoms with Crippen LogP contribution < -0.4 is 0 Å². The van der Waals surface area contributed by atoms with Crippen molar-refractivity contribution in [3.05, 3.63) is 35.6 Å². The van der Waals surface area contributed by atoms with Gasteiger partial charge in [-0.25, -0.2) is 4.39 Å². The number of carbonyl (C=O) groups is 2. The second-order valence-electron chi connectivity index (χ2n) is 2.88. The molecule has 3 nitrogen and oxygen atoms in total. The molecule has 0 aromatic heterocycles. The molecule has 0 aliphatic rings. The Balaban J connectivity index is 0.00000225. The van der Waals surface area contributed by atoms with E-state index in [2.05, 4.69) is 4.74 Å². The highest BCUT2D eigenvalue weighted by atomic mass is 19.1. The van der Waals surface area contributed by atoms with Gasteiger partial charge in [0.2, 0.25) is 0 Å². The first-order valence-electron chi connectivity index (χ1n) is 4.58. The maximum absolute atomic E-state index is 13.1. The predicted octanol–water partition coefficient (Wildman–Crippen LogP) is 2.21. The molecule has 0 saturated carbocycles. The van der Waals surface area contributed by atoms with Crippen molar-refractivity contribution in [1.29, 1.82) is 0 Å². The van der Waals surface area contributed by atoms with Gasteiger partial charge in [0.1, 0.15) is 12.2 Å². The molecule has 0 N–H and O–H groups in total. The maximum Gasteiger partial charge on any atom is 0.313 e. The third kappa shape index (κ3) is 3.16. The zero-order valence-corrected chi connectivity index (χ0v) is 8.33. The molecule has 0 saturated heterocycles. The molecule has 0 bridgehead atoms. The Labute approximate surface area is 88.3 Å². The lowest BCUT2D eigenvalue weighted by atomic mass is 10.1. The predicted molar refractivity (Wildman–Crippen MR) is 54.1 cm³/mol. The number of hydrogen-bond acceptors (Lipinski definition) is 3. The lowest BCUT2D eigenvalue weighted by Crippen LogP contribution is -2.12. The molecule has 0 unspecified atom stereocenters. The molecular weight excluding hydrogens is 199 g/mol. The summed E-state index contributed by atoms with van der Waals surface area (Å²) in [6, 6.07) is 5.55. The van der Waals surface area contributed by atoms with Gasteiger partial charge in [0.15, 0.2) is 5.78 Å². The van der Waals surface area contributed by atoms with Crippen LogP contribution in [0.1, 0.15) is 25.1 Å². The Hall–Kier alpha value is -1.71. The third-order valence-corrected chi connectivity index (χ3v) is 1.78. The second kappa shape index (κ2) is 5.24. The van der Waals surface area contributed by atoms with Gasteiger partial charge in [-0.1, -0.05) is 12.1 Å². The summed E-state index contributed by atoms with van der Waals surface area (Å²) in [7, 11) is 0. The summed E-state index contributed by atoms with van der Waals surface area (Å²) in [5, 5.41) is 0. The summed E-state index contributed by atoms with van der Waals surface area (Å²) < 4.78 is 17.7. The van der Waals surface area contributed by atoms with Crippen molar-refractivity contribution in [1.82, 2.24) is 0 Å². The number of benzene rings is 1. The molecule has 0 fully saturated rings. The molecule has 0 heterocycles. The van der Waals surface area contributed by atoms with Gasteiger partial charge >= 0.3 is 5.97 Å². The van der Waals surface area contributed by atoms with Crippen molar-refractivity contribution in [2.75, 3.05) is 6.61 Å². The van der Waals surface area contributed by atoms with E-state index in [4.69, 9.17) is 0 Å². The van der Waals surface area contributed by atoms with Gasteiger partial charge in [0, 0.05) is 1.43 Å². The Bertz CT molecular complexity index is 379. The van der Waals surface area contributed by atoms with Gasteiger partial charge in [-0.3, -0.25) is 9.59 Å². The number of hydrogen-bond donors (Lipinski definition) is 0. The molecule has 0 atom stereocenters. The monoisotopic (exact) mass is 212 g/mol. The molecule has 1 rings (SSSR count). The van der Waals surface area contributed by atoms with Crippen LogP contribution in [0.3, 0.4) is 0 Å². The zero-order chi connectivity index (χ0) is 11.3. The normalized spacial score (nSPS) is 9.73. The number of rotatable bonds is 4. The number of halogens is 1. The standard InChI is InChI=1S/C11H11FO3.H2/c1-2-15-11(14)7-10(13)8-5-3-4-6-9(8)12;/h3-6H,2,7H2,1H3;1H. The highest BCUT2D eigenvalue weighted by Gasteiger charge is 2.15. The van der Waals surface area contributed by atoms with Crippen molar-refractivity contribution in [2.45, 2.75) is 13.3 Å². The Morgan fingerprint density at radius 1 is 1.40 bits per heavy atom. The van der Waals surface area contributed by atoms with Gasteiger partial charge in [0.25, 0.3) is 0 Å². The molecular formula is C11H13FO3. The molecule has 0 radical (unpaired) electrons. The Kier molecular flexibility index (Phi) is 3.97. The lowest BCUT2D eigenvalue weighted by Gasteiger charge is -2.02. The van der Waals surface area contributed by atoms with Gasteiger partial charge in [-0.15, -0.1) is 0 Å². The minimum absolute atomic E-state index is 0. The summed E-state index contributed by atoms with van der Waals surface area (Å²) >= 11 is 0. The van der Waals surface area contributed by atoms with Crippen molar-refractivity contribution in [3.8, 4) is 0 Å². The van der Waals surface area contributed by atoms with Gasteiger partial charge in [0.05, 0.1) is 12.2 Å². The third-order valence-electron chi connectivity index (χ3n) is 1.78. The van der Waals surface area contributed by atoms with E-state index in [0.29, 0.717) is 0 Å². The van der Waals surface area contributed by atoms with E-state index in [-0.39, 0.29) is 13.6 Å². The smallest absolute Gasteiger partial charge is 0.313 e. The fraction of sp³-hybridized carbons (Fsp3) is 0.273. The van der Waals surface area contributed by atoms with E-state index in [1.807, 2.05) is 0 Å². The summed E-state index contributed by atoms with van der Waals surface area (Å²) in [6.07, 6.45) is -0.422. The first-order valence-corrected chi connectivity index (χ1v) is 4.58. The molecule has 1 aromatic carbocycles. The van der Waals surface area contributed by atoms with Crippen LogP contribution in [0.25, 0.3) is 0 Å². The van der Waals surface area contributed by atoms with Crippen LogP contribution in [0.15, 0.2) is 24.3 Å². The largest absolute Gasteiger partial charge is 0.466 e. The van der Waals surface area contributed by atoms with Crippen LogP contribution >= 0.6 is 0 Å². The summed E-state index contributed by atoms with van der Waals surface area (Å²) in [5.74, 6) is -1.82. The van der Waals surface area contributed by atoms with Crippen molar-refractivity contribution >= 4 is 11.8 Å². The number of carbonyl (C=O) groups excluding carboxylic acids is 2. The number of ketones is 1. The summed E-state index contributed by atoms with van der Waals surface area (Å²) in [6.45, 7) is 1.86. The molecule has 0 amide bonds. The minimum atomic E-state index is -0.634. The average molecular weight is 212 g/mol. The van der Waals surface area contributed by atoms with E-state index in [9.17, 15) is 14.0 Å². The van der Waals surface area contributed by atoms with E-state index < -0.39 is 24.0 Å². The molecule has 0 spiro atoms. The number of esters is 1. The molecule has 4 heteroatoms. The zero-order valence-electron chi connectivity index (χ0n) is 8.33. The fourth-order valence-electron chi connectivity index (χ4n) is 1.13. The molecule has 82 valence electrons. The second-order valence-corrected chi connectivity index (χ2v) is 2.88. The van der Waals surface area contributed by atoms with Gasteiger partial charge < -0.3 is 4.74 Å². The van der Waals surface area contributed by atoms with E-state index in [1.54, 1.807) is 13.0 Å². The maximum atomic E-state index is 13.1. The first-order chi connectivity index (χ1) is 7.15. The van der Waals surface area contributed by atoms with Gasteiger partial charge in [-0.2, -0.15) is 0 Å². The van der Waals surface area contributed by atoms with E-state index in [1.165, 1.54) is 18.2 Å². The van der Waals surface area contributed by atoms with Crippen LogP contribution in [-0.4, -0.2) is 18.4 Å². The Morgan fingerprint density at radius 2 is 2.07 bits per heavy atom. The van der Waals surface area contributed by atoms with Gasteiger partial charge in [-0.05, 0) is 19.1 Å². The molecule has 0 aliphatic carbocycles. The number of Topliss-reactive ketones (excluding diaryl/α,β-unsaturated/α-hetero) is 1. The highest BCUT2D eigenvalue weighted by Crippen LogP contribution is 2.09. The molecule has 1 aromatic rings. The van der Waals surface area contributed by atoms with Crippen LogP contribution in [0.4, 0.5) is 4.39 Å². The van der Waals surface area contributed by atoms with Crippen LogP contribution in [0.2, 0.25) is 0 Å². The SMILES string of the molecule is CCOC(=O)CC(=O)c1ccccc1F.[HH]. The van der Waals surface area contributed by atoms with Crippen molar-refractivity contribution in [3.63, 3.8) is 0 Å².